The van der Waals surface area contributed by atoms with Gasteiger partial charge in [-0.1, -0.05) is 28.1 Å². The quantitative estimate of drug-likeness (QED) is 0.485. The van der Waals surface area contributed by atoms with E-state index in [-0.39, 0.29) is 11.4 Å². The van der Waals surface area contributed by atoms with E-state index in [9.17, 15) is 4.79 Å². The van der Waals surface area contributed by atoms with Gasteiger partial charge in [-0.3, -0.25) is 9.78 Å². The summed E-state index contributed by atoms with van der Waals surface area (Å²) in [5.41, 5.74) is 10.3. The third-order valence-corrected chi connectivity index (χ3v) is 5.83. The molecule has 1 fully saturated rings. The number of ether oxygens (including phenoxy) is 1. The Kier molecular flexibility index (Phi) is 5.43. The van der Waals surface area contributed by atoms with E-state index < -0.39 is 0 Å². The number of esters is 1. The van der Waals surface area contributed by atoms with Crippen molar-refractivity contribution in [2.24, 2.45) is 0 Å². The zero-order valence-corrected chi connectivity index (χ0v) is 17.8. The zero-order valence-electron chi connectivity index (χ0n) is 16.2. The maximum Gasteiger partial charge on any atom is 0.306 e. The average molecular weight is 455 g/mol. The molecule has 0 saturated carbocycles. The fraction of sp³-hybridized carbons (Fsp3) is 0.273. The number of nitrogens with one attached hydrogen (secondary N) is 2. The SMILES string of the molecule is CCOC(=O)CC1(c2ccc(Nc3c(N)cnc4ccc(Br)cc34)cc2)CNC1. The molecular formula is C22H23BrN4O2. The van der Waals surface area contributed by atoms with Gasteiger partial charge in [0.1, 0.15) is 0 Å². The molecule has 29 heavy (non-hydrogen) atoms. The van der Waals surface area contributed by atoms with Gasteiger partial charge in [0.2, 0.25) is 0 Å². The Morgan fingerprint density at radius 1 is 1.28 bits per heavy atom. The van der Waals surface area contributed by atoms with E-state index in [1.54, 1.807) is 6.20 Å². The van der Waals surface area contributed by atoms with Crippen molar-refractivity contribution in [1.29, 1.82) is 0 Å². The summed E-state index contributed by atoms with van der Waals surface area (Å²) in [7, 11) is 0. The van der Waals surface area contributed by atoms with Crippen LogP contribution in [0.15, 0.2) is 53.1 Å². The molecule has 1 saturated heterocycles. The Balaban J connectivity index is 1.59. The molecule has 4 N–H and O–H groups in total. The van der Waals surface area contributed by atoms with Gasteiger partial charge in [0.15, 0.2) is 0 Å². The topological polar surface area (TPSA) is 89.3 Å². The van der Waals surface area contributed by atoms with Gasteiger partial charge < -0.3 is 21.1 Å². The summed E-state index contributed by atoms with van der Waals surface area (Å²) in [6.07, 6.45) is 2.05. The van der Waals surface area contributed by atoms with Crippen LogP contribution >= 0.6 is 15.9 Å². The Morgan fingerprint density at radius 2 is 2.03 bits per heavy atom. The minimum Gasteiger partial charge on any atom is -0.466 e. The molecule has 150 valence electrons. The maximum atomic E-state index is 12.0. The summed E-state index contributed by atoms with van der Waals surface area (Å²) < 4.78 is 6.13. The van der Waals surface area contributed by atoms with Crippen LogP contribution in [-0.4, -0.2) is 30.6 Å². The first-order chi connectivity index (χ1) is 14.0. The van der Waals surface area contributed by atoms with E-state index in [4.69, 9.17) is 10.5 Å². The highest BCUT2D eigenvalue weighted by molar-refractivity contribution is 9.10. The highest BCUT2D eigenvalue weighted by atomic mass is 79.9. The summed E-state index contributed by atoms with van der Waals surface area (Å²) in [6.45, 7) is 3.78. The molecule has 3 aromatic rings. The fourth-order valence-electron chi connectivity index (χ4n) is 3.72. The Labute approximate surface area is 178 Å². The number of pyridine rings is 1. The lowest BCUT2D eigenvalue weighted by Gasteiger charge is -2.42. The number of carbonyl (C=O) groups excluding carboxylic acids is 1. The standard InChI is InChI=1S/C22H23BrN4O2/c1-2-29-20(28)10-22(12-25-13-22)14-3-6-16(7-4-14)27-21-17-9-15(23)5-8-19(17)26-11-18(21)24/h3-9,11,25H,2,10,12-13,24H2,1H3,(H,26,27). The van der Waals surface area contributed by atoms with E-state index in [2.05, 4.69) is 43.7 Å². The number of nitrogens with zero attached hydrogens (tertiary/aromatic N) is 1. The van der Waals surface area contributed by atoms with Gasteiger partial charge >= 0.3 is 5.97 Å². The number of anilines is 3. The molecule has 2 aromatic carbocycles. The molecule has 4 rings (SSSR count). The van der Waals surface area contributed by atoms with Crippen LogP contribution in [0.1, 0.15) is 18.9 Å². The molecule has 1 aromatic heterocycles. The van der Waals surface area contributed by atoms with Crippen molar-refractivity contribution in [2.45, 2.75) is 18.8 Å². The normalized spacial score (nSPS) is 15.0. The number of hydrogen-bond acceptors (Lipinski definition) is 6. The first-order valence-corrected chi connectivity index (χ1v) is 10.4. The second-order valence-corrected chi connectivity index (χ2v) is 8.23. The lowest BCUT2D eigenvalue weighted by Crippen LogP contribution is -2.57. The number of fused-ring (bicyclic) bond motifs is 1. The molecule has 0 radical (unpaired) electrons. The molecule has 0 spiro atoms. The summed E-state index contributed by atoms with van der Waals surface area (Å²) in [4.78, 5) is 16.4. The van der Waals surface area contributed by atoms with Gasteiger partial charge in [0, 0.05) is 34.1 Å². The highest BCUT2D eigenvalue weighted by Gasteiger charge is 2.41. The summed E-state index contributed by atoms with van der Waals surface area (Å²) >= 11 is 3.51. The van der Waals surface area contributed by atoms with Crippen LogP contribution in [0.4, 0.5) is 17.1 Å². The summed E-state index contributed by atoms with van der Waals surface area (Å²) in [5, 5.41) is 7.66. The smallest absolute Gasteiger partial charge is 0.306 e. The number of nitrogen functional groups attached to an aromatic ring is 1. The molecule has 1 aliphatic heterocycles. The van der Waals surface area contributed by atoms with Crippen molar-refractivity contribution in [3.8, 4) is 0 Å². The van der Waals surface area contributed by atoms with Gasteiger partial charge in [-0.25, -0.2) is 0 Å². The van der Waals surface area contributed by atoms with Crippen LogP contribution in [0.2, 0.25) is 0 Å². The zero-order chi connectivity index (χ0) is 20.4. The lowest BCUT2D eigenvalue weighted by molar-refractivity contribution is -0.145. The molecule has 1 aliphatic rings. The van der Waals surface area contributed by atoms with Gasteiger partial charge in [-0.2, -0.15) is 0 Å². The van der Waals surface area contributed by atoms with Crippen molar-refractivity contribution >= 4 is 49.9 Å². The van der Waals surface area contributed by atoms with Crippen molar-refractivity contribution in [3.05, 3.63) is 58.7 Å². The Hall–Kier alpha value is -2.64. The second kappa shape index (κ2) is 8.00. The van der Waals surface area contributed by atoms with Crippen LogP contribution < -0.4 is 16.4 Å². The number of nitrogens with two attached hydrogens (primary N) is 1. The Bertz CT molecular complexity index is 1040. The molecule has 2 heterocycles. The molecular weight excluding hydrogens is 432 g/mol. The fourth-order valence-corrected chi connectivity index (χ4v) is 4.08. The van der Waals surface area contributed by atoms with Crippen molar-refractivity contribution in [1.82, 2.24) is 10.3 Å². The lowest BCUT2D eigenvalue weighted by atomic mass is 9.72. The van der Waals surface area contributed by atoms with E-state index in [1.807, 2.05) is 37.3 Å². The molecule has 0 aliphatic carbocycles. The predicted octanol–water partition coefficient (Wildman–Crippen LogP) is 4.12. The van der Waals surface area contributed by atoms with Gasteiger partial charge in [-0.05, 0) is 42.8 Å². The second-order valence-electron chi connectivity index (χ2n) is 7.32. The molecule has 0 amide bonds. The number of halogens is 1. The Morgan fingerprint density at radius 3 is 2.69 bits per heavy atom. The maximum absolute atomic E-state index is 12.0. The largest absolute Gasteiger partial charge is 0.466 e. The van der Waals surface area contributed by atoms with E-state index >= 15 is 0 Å². The van der Waals surface area contributed by atoms with Crippen LogP contribution in [0.5, 0.6) is 0 Å². The van der Waals surface area contributed by atoms with Crippen LogP contribution in [0.25, 0.3) is 10.9 Å². The first kappa shape index (κ1) is 19.7. The molecule has 0 unspecified atom stereocenters. The molecule has 6 nitrogen and oxygen atoms in total. The number of rotatable bonds is 6. The molecule has 0 atom stereocenters. The average Bonchev–Trinajstić information content (AvgIpc) is 2.68. The number of hydrogen-bond donors (Lipinski definition) is 3. The number of benzene rings is 2. The highest BCUT2D eigenvalue weighted by Crippen LogP contribution is 2.35. The monoisotopic (exact) mass is 454 g/mol. The van der Waals surface area contributed by atoms with Gasteiger partial charge in [0.25, 0.3) is 0 Å². The minimum absolute atomic E-state index is 0.155. The summed E-state index contributed by atoms with van der Waals surface area (Å²) in [6, 6.07) is 14.1. The van der Waals surface area contributed by atoms with Crippen molar-refractivity contribution in [3.63, 3.8) is 0 Å². The summed E-state index contributed by atoms with van der Waals surface area (Å²) in [5.74, 6) is -0.155. The first-order valence-electron chi connectivity index (χ1n) is 9.58. The predicted molar refractivity (Wildman–Crippen MR) is 119 cm³/mol. The van der Waals surface area contributed by atoms with Crippen LogP contribution in [0, 0.1) is 0 Å². The molecule has 7 heteroatoms. The van der Waals surface area contributed by atoms with Crippen molar-refractivity contribution < 1.29 is 9.53 Å². The van der Waals surface area contributed by atoms with Gasteiger partial charge in [-0.15, -0.1) is 0 Å². The van der Waals surface area contributed by atoms with E-state index in [1.165, 1.54) is 0 Å². The third-order valence-electron chi connectivity index (χ3n) is 5.34. The third kappa shape index (κ3) is 3.93. The van der Waals surface area contributed by atoms with E-state index in [0.717, 1.165) is 45.4 Å². The minimum atomic E-state index is -0.196. The van der Waals surface area contributed by atoms with E-state index in [0.29, 0.717) is 18.7 Å². The number of carbonyl (C=O) groups is 1. The van der Waals surface area contributed by atoms with Crippen LogP contribution in [-0.2, 0) is 14.9 Å². The van der Waals surface area contributed by atoms with Gasteiger partial charge in [0.05, 0.1) is 36.1 Å². The number of aromatic nitrogens is 1. The molecule has 0 bridgehead atoms. The van der Waals surface area contributed by atoms with Crippen LogP contribution in [0.3, 0.4) is 0 Å². The van der Waals surface area contributed by atoms with Crippen molar-refractivity contribution in [2.75, 3.05) is 30.7 Å².